The predicted octanol–water partition coefficient (Wildman–Crippen LogP) is 4.00. The molecular weight excluding hydrogens is 120 g/mol. The summed E-state index contributed by atoms with van der Waals surface area (Å²) >= 11 is 0. The maximum absolute atomic E-state index is 2.31. The molecule has 0 nitrogen and oxygen atoms in total. The Kier molecular flexibility index (Phi) is 7.11. The van der Waals surface area contributed by atoms with Crippen LogP contribution in [0.2, 0.25) is 0 Å². The third-order valence-electron chi connectivity index (χ3n) is 1.83. The summed E-state index contributed by atoms with van der Waals surface area (Å²) in [6, 6.07) is 0. The van der Waals surface area contributed by atoms with Gasteiger partial charge in [-0.1, -0.05) is 59.3 Å². The normalized spacial score (nSPS) is 17.1. The minimum Gasteiger partial charge on any atom is -0.0654 e. The van der Waals surface area contributed by atoms with Crippen LogP contribution < -0.4 is 0 Å². The molecule has 62 valence electrons. The third kappa shape index (κ3) is 10.9. The zero-order chi connectivity index (χ0) is 7.82. The summed E-state index contributed by atoms with van der Waals surface area (Å²) in [5, 5.41) is 0. The van der Waals surface area contributed by atoms with E-state index < -0.39 is 0 Å². The summed E-state index contributed by atoms with van der Waals surface area (Å²) in [6.07, 6.45) is 8.58. The van der Waals surface area contributed by atoms with Crippen LogP contribution in [0, 0.1) is 5.92 Å². The highest BCUT2D eigenvalue weighted by molar-refractivity contribution is 4.50. The summed E-state index contributed by atoms with van der Waals surface area (Å²) in [7, 11) is 0. The van der Waals surface area contributed by atoms with Crippen molar-refractivity contribution in [2.45, 2.75) is 59.3 Å². The largest absolute Gasteiger partial charge is 0.0654 e. The Morgan fingerprint density at radius 1 is 1.10 bits per heavy atom. The van der Waals surface area contributed by atoms with Crippen molar-refractivity contribution in [3.05, 3.63) is 0 Å². The minimum absolute atomic E-state index is 0.949. The van der Waals surface area contributed by atoms with Gasteiger partial charge in [-0.3, -0.25) is 0 Å². The van der Waals surface area contributed by atoms with Crippen molar-refractivity contribution in [2.75, 3.05) is 0 Å². The van der Waals surface area contributed by atoms with Gasteiger partial charge in [0.25, 0.3) is 0 Å². The molecule has 0 heterocycles. The van der Waals surface area contributed by atoms with Crippen molar-refractivity contribution < 1.29 is 0 Å². The zero-order valence-electron chi connectivity index (χ0n) is 7.82. The van der Waals surface area contributed by atoms with Gasteiger partial charge >= 0.3 is 0 Å². The number of hydrogen-bond acceptors (Lipinski definition) is 0. The van der Waals surface area contributed by atoms with Gasteiger partial charge in [0.1, 0.15) is 0 Å². The molecule has 1 aliphatic rings. The second-order valence-corrected chi connectivity index (χ2v) is 3.36. The van der Waals surface area contributed by atoms with Crippen LogP contribution in [0.5, 0.6) is 0 Å². The first-order valence-corrected chi connectivity index (χ1v) is 4.81. The van der Waals surface area contributed by atoms with Gasteiger partial charge in [-0.2, -0.15) is 0 Å². The lowest BCUT2D eigenvalue weighted by Crippen LogP contribution is -1.88. The Bertz CT molecular complexity index is 52.3. The maximum atomic E-state index is 2.31. The fourth-order valence-electron chi connectivity index (χ4n) is 0.697. The fourth-order valence-corrected chi connectivity index (χ4v) is 0.697. The average molecular weight is 142 g/mol. The molecule has 0 N–H and O–H groups in total. The SMILES string of the molecule is C1CC1.CCCC(C)CC. The van der Waals surface area contributed by atoms with E-state index in [9.17, 15) is 0 Å². The highest BCUT2D eigenvalue weighted by Crippen LogP contribution is 2.14. The monoisotopic (exact) mass is 142 g/mol. The van der Waals surface area contributed by atoms with E-state index in [1.807, 2.05) is 0 Å². The van der Waals surface area contributed by atoms with Crippen LogP contribution in [-0.2, 0) is 0 Å². The molecule has 1 fully saturated rings. The molecule has 0 saturated heterocycles. The molecule has 10 heavy (non-hydrogen) atoms. The lowest BCUT2D eigenvalue weighted by Gasteiger charge is -2.02. The average Bonchev–Trinajstić information content (AvgIpc) is 2.73. The summed E-state index contributed by atoms with van der Waals surface area (Å²) in [6.45, 7) is 6.80. The number of hydrogen-bond donors (Lipinski definition) is 0. The molecule has 1 rings (SSSR count). The van der Waals surface area contributed by atoms with Crippen molar-refractivity contribution in [1.29, 1.82) is 0 Å². The second-order valence-electron chi connectivity index (χ2n) is 3.36. The Morgan fingerprint density at radius 2 is 1.60 bits per heavy atom. The standard InChI is InChI=1S/C7H16.C3H6/c1-4-6-7(3)5-2;1-2-3-1/h7H,4-6H2,1-3H3;1-3H2. The molecule has 1 unspecified atom stereocenters. The lowest BCUT2D eigenvalue weighted by molar-refractivity contribution is 0.509. The van der Waals surface area contributed by atoms with Gasteiger partial charge in [-0.25, -0.2) is 0 Å². The molecule has 0 radical (unpaired) electrons. The topological polar surface area (TPSA) is 0 Å². The van der Waals surface area contributed by atoms with E-state index in [-0.39, 0.29) is 0 Å². The van der Waals surface area contributed by atoms with E-state index in [1.165, 1.54) is 38.5 Å². The molecule has 1 atom stereocenters. The van der Waals surface area contributed by atoms with Crippen LogP contribution in [0.3, 0.4) is 0 Å². The van der Waals surface area contributed by atoms with Crippen molar-refractivity contribution in [1.82, 2.24) is 0 Å². The highest BCUT2D eigenvalue weighted by Gasteiger charge is 1.95. The molecular formula is C10H22. The Labute approximate surface area is 66.0 Å². The van der Waals surface area contributed by atoms with E-state index >= 15 is 0 Å². The Balaban J connectivity index is 0.000000219. The van der Waals surface area contributed by atoms with Crippen LogP contribution >= 0.6 is 0 Å². The Morgan fingerprint density at radius 3 is 1.70 bits per heavy atom. The summed E-state index contributed by atoms with van der Waals surface area (Å²) in [5.41, 5.74) is 0. The van der Waals surface area contributed by atoms with Crippen molar-refractivity contribution >= 4 is 0 Å². The first-order valence-electron chi connectivity index (χ1n) is 4.81. The van der Waals surface area contributed by atoms with Gasteiger partial charge in [0.2, 0.25) is 0 Å². The lowest BCUT2D eigenvalue weighted by atomic mass is 10.0. The number of rotatable bonds is 3. The Hall–Kier alpha value is 0. The van der Waals surface area contributed by atoms with E-state index in [2.05, 4.69) is 20.8 Å². The first kappa shape index (κ1) is 10.0. The van der Waals surface area contributed by atoms with Crippen LogP contribution in [0.15, 0.2) is 0 Å². The summed E-state index contributed by atoms with van der Waals surface area (Å²) in [4.78, 5) is 0. The van der Waals surface area contributed by atoms with E-state index in [1.54, 1.807) is 0 Å². The minimum atomic E-state index is 0.949. The van der Waals surface area contributed by atoms with Crippen molar-refractivity contribution in [3.8, 4) is 0 Å². The highest BCUT2D eigenvalue weighted by atomic mass is 14.0. The fraction of sp³-hybridized carbons (Fsp3) is 1.00. The molecule has 0 heteroatoms. The summed E-state index contributed by atoms with van der Waals surface area (Å²) < 4.78 is 0. The van der Waals surface area contributed by atoms with Gasteiger partial charge in [-0.05, 0) is 5.92 Å². The second kappa shape index (κ2) is 7.11. The quantitative estimate of drug-likeness (QED) is 0.558. The molecule has 0 aromatic rings. The van der Waals surface area contributed by atoms with Crippen LogP contribution in [0.25, 0.3) is 0 Å². The van der Waals surface area contributed by atoms with Crippen LogP contribution in [0.1, 0.15) is 59.3 Å². The van der Waals surface area contributed by atoms with Crippen molar-refractivity contribution in [3.63, 3.8) is 0 Å². The van der Waals surface area contributed by atoms with Crippen molar-refractivity contribution in [2.24, 2.45) is 5.92 Å². The molecule has 0 aromatic heterocycles. The molecule has 0 aliphatic heterocycles. The van der Waals surface area contributed by atoms with Gasteiger partial charge in [0.05, 0.1) is 0 Å². The smallest absolute Gasteiger partial charge is 0.0446 e. The van der Waals surface area contributed by atoms with Crippen LogP contribution in [-0.4, -0.2) is 0 Å². The van der Waals surface area contributed by atoms with Gasteiger partial charge in [0, 0.05) is 0 Å². The van der Waals surface area contributed by atoms with E-state index in [4.69, 9.17) is 0 Å². The summed E-state index contributed by atoms with van der Waals surface area (Å²) in [5.74, 6) is 0.949. The van der Waals surface area contributed by atoms with Gasteiger partial charge in [0.15, 0.2) is 0 Å². The van der Waals surface area contributed by atoms with Gasteiger partial charge < -0.3 is 0 Å². The van der Waals surface area contributed by atoms with E-state index in [0.29, 0.717) is 0 Å². The maximum Gasteiger partial charge on any atom is -0.0446 e. The molecule has 1 saturated carbocycles. The predicted molar refractivity (Wildman–Crippen MR) is 48.2 cm³/mol. The zero-order valence-corrected chi connectivity index (χ0v) is 7.82. The first-order chi connectivity index (χ1) is 4.81. The molecule has 0 bridgehead atoms. The molecule has 0 spiro atoms. The van der Waals surface area contributed by atoms with Gasteiger partial charge in [-0.15, -0.1) is 0 Å². The van der Waals surface area contributed by atoms with Crippen LogP contribution in [0.4, 0.5) is 0 Å². The van der Waals surface area contributed by atoms with E-state index in [0.717, 1.165) is 5.92 Å². The molecule has 0 aromatic carbocycles. The third-order valence-corrected chi connectivity index (χ3v) is 1.83. The molecule has 1 aliphatic carbocycles. The molecule has 0 amide bonds.